The number of carbonyl (C=O) groups is 1. The lowest BCUT2D eigenvalue weighted by atomic mass is 10.0. The van der Waals surface area contributed by atoms with Crippen LogP contribution in [0.2, 0.25) is 0 Å². The highest BCUT2D eigenvalue weighted by molar-refractivity contribution is 5.91. The van der Waals surface area contributed by atoms with Gasteiger partial charge >= 0.3 is 5.97 Å². The van der Waals surface area contributed by atoms with Crippen LogP contribution in [0.5, 0.6) is 5.75 Å². The summed E-state index contributed by atoms with van der Waals surface area (Å²) in [6.07, 6.45) is 1.26. The van der Waals surface area contributed by atoms with Crippen molar-refractivity contribution in [3.8, 4) is 11.8 Å². The van der Waals surface area contributed by atoms with Crippen molar-refractivity contribution >= 4 is 16.9 Å². The third-order valence-corrected chi connectivity index (χ3v) is 4.15. The number of ether oxygens (including phenoxy) is 2. The van der Waals surface area contributed by atoms with Crippen molar-refractivity contribution in [2.24, 2.45) is 0 Å². The predicted octanol–water partition coefficient (Wildman–Crippen LogP) is 4.27. The Hall–Kier alpha value is -3.26. The summed E-state index contributed by atoms with van der Waals surface area (Å²) in [6, 6.07) is 14.8. The molecule has 0 unspecified atom stereocenters. The lowest BCUT2D eigenvalue weighted by Crippen LogP contribution is -2.09. The monoisotopic (exact) mass is 349 g/mol. The van der Waals surface area contributed by atoms with Crippen LogP contribution in [-0.2, 0) is 17.6 Å². The second kappa shape index (κ2) is 7.75. The number of nitrogens with zero attached hydrogens (tertiary/aromatic N) is 1. The summed E-state index contributed by atoms with van der Waals surface area (Å²) < 4.78 is 16.2. The van der Waals surface area contributed by atoms with Crippen LogP contribution in [0.25, 0.3) is 11.0 Å². The summed E-state index contributed by atoms with van der Waals surface area (Å²) in [4.78, 5) is 12.2. The second-order valence-electron chi connectivity index (χ2n) is 5.82. The molecule has 0 aliphatic rings. The van der Waals surface area contributed by atoms with Gasteiger partial charge in [0.2, 0.25) is 0 Å². The SMILES string of the molecule is CCOC(=O)c1cc(OC)ccc1CCc1cc2cc(C#N)ccc2o1. The van der Waals surface area contributed by atoms with Crippen LogP contribution in [0.3, 0.4) is 0 Å². The fourth-order valence-electron chi connectivity index (χ4n) is 2.85. The van der Waals surface area contributed by atoms with Crippen LogP contribution in [0.4, 0.5) is 0 Å². The van der Waals surface area contributed by atoms with Crippen LogP contribution in [-0.4, -0.2) is 19.7 Å². The second-order valence-corrected chi connectivity index (χ2v) is 5.82. The zero-order chi connectivity index (χ0) is 18.5. The molecule has 3 aromatic rings. The van der Waals surface area contributed by atoms with E-state index >= 15 is 0 Å². The first-order chi connectivity index (χ1) is 12.6. The molecule has 3 rings (SSSR count). The van der Waals surface area contributed by atoms with Crippen molar-refractivity contribution in [2.75, 3.05) is 13.7 Å². The van der Waals surface area contributed by atoms with Crippen LogP contribution < -0.4 is 4.74 Å². The van der Waals surface area contributed by atoms with Crippen LogP contribution in [0.15, 0.2) is 46.9 Å². The number of rotatable bonds is 6. The molecule has 0 bridgehead atoms. The average Bonchev–Trinajstić information content (AvgIpc) is 3.08. The Morgan fingerprint density at radius 2 is 2.00 bits per heavy atom. The summed E-state index contributed by atoms with van der Waals surface area (Å²) in [7, 11) is 1.56. The van der Waals surface area contributed by atoms with E-state index in [1.165, 1.54) is 0 Å². The first-order valence-electron chi connectivity index (χ1n) is 8.41. The number of furan rings is 1. The number of methoxy groups -OCH3 is 1. The van der Waals surface area contributed by atoms with Gasteiger partial charge in [0.25, 0.3) is 0 Å². The molecule has 0 N–H and O–H groups in total. The largest absolute Gasteiger partial charge is 0.497 e. The van der Waals surface area contributed by atoms with Gasteiger partial charge in [-0.1, -0.05) is 6.07 Å². The molecule has 0 aliphatic heterocycles. The van der Waals surface area contributed by atoms with Gasteiger partial charge in [-0.25, -0.2) is 4.79 Å². The van der Waals surface area contributed by atoms with E-state index in [0.29, 0.717) is 36.3 Å². The highest BCUT2D eigenvalue weighted by Gasteiger charge is 2.15. The molecular formula is C21H19NO4. The molecule has 1 heterocycles. The van der Waals surface area contributed by atoms with Gasteiger partial charge in [-0.2, -0.15) is 5.26 Å². The van der Waals surface area contributed by atoms with Crippen molar-refractivity contribution in [2.45, 2.75) is 19.8 Å². The molecule has 1 aromatic heterocycles. The van der Waals surface area contributed by atoms with Crippen LogP contribution in [0.1, 0.15) is 34.2 Å². The van der Waals surface area contributed by atoms with Gasteiger partial charge < -0.3 is 13.9 Å². The maximum absolute atomic E-state index is 12.2. The van der Waals surface area contributed by atoms with Gasteiger partial charge in [0, 0.05) is 11.8 Å². The number of aryl methyl sites for hydroxylation is 2. The molecular weight excluding hydrogens is 330 g/mol. The molecule has 0 aliphatic carbocycles. The van der Waals surface area contributed by atoms with Crippen molar-refractivity contribution < 1.29 is 18.7 Å². The summed E-state index contributed by atoms with van der Waals surface area (Å²) in [5.74, 6) is 1.06. The predicted molar refractivity (Wildman–Crippen MR) is 97.3 cm³/mol. The molecule has 5 heteroatoms. The third-order valence-electron chi connectivity index (χ3n) is 4.15. The molecule has 0 spiro atoms. The Morgan fingerprint density at radius 3 is 2.73 bits per heavy atom. The van der Waals surface area contributed by atoms with E-state index in [-0.39, 0.29) is 5.97 Å². The van der Waals surface area contributed by atoms with E-state index in [1.54, 1.807) is 38.3 Å². The maximum atomic E-state index is 12.2. The normalized spacial score (nSPS) is 10.5. The number of hydrogen-bond donors (Lipinski definition) is 0. The summed E-state index contributed by atoms with van der Waals surface area (Å²) >= 11 is 0. The molecule has 0 saturated carbocycles. The zero-order valence-corrected chi connectivity index (χ0v) is 14.7. The summed E-state index contributed by atoms with van der Waals surface area (Å²) in [6.45, 7) is 2.10. The first-order valence-corrected chi connectivity index (χ1v) is 8.41. The number of esters is 1. The van der Waals surface area contributed by atoms with Gasteiger partial charge in [-0.05, 0) is 55.3 Å². The van der Waals surface area contributed by atoms with Gasteiger partial charge in [0.1, 0.15) is 17.1 Å². The fourth-order valence-corrected chi connectivity index (χ4v) is 2.85. The minimum atomic E-state index is -0.357. The smallest absolute Gasteiger partial charge is 0.338 e. The van der Waals surface area contributed by atoms with E-state index in [0.717, 1.165) is 22.3 Å². The Morgan fingerprint density at radius 1 is 1.15 bits per heavy atom. The van der Waals surface area contributed by atoms with Crippen molar-refractivity contribution in [3.63, 3.8) is 0 Å². The Balaban J connectivity index is 1.82. The molecule has 0 amide bonds. The van der Waals surface area contributed by atoms with E-state index in [2.05, 4.69) is 6.07 Å². The van der Waals surface area contributed by atoms with Gasteiger partial charge in [-0.3, -0.25) is 0 Å². The average molecular weight is 349 g/mol. The number of hydrogen-bond acceptors (Lipinski definition) is 5. The van der Waals surface area contributed by atoms with E-state index in [1.807, 2.05) is 18.2 Å². The van der Waals surface area contributed by atoms with E-state index < -0.39 is 0 Å². The molecule has 0 fully saturated rings. The van der Waals surface area contributed by atoms with Gasteiger partial charge in [0.15, 0.2) is 0 Å². The number of benzene rings is 2. The first kappa shape index (κ1) is 17.6. The number of carbonyl (C=O) groups excluding carboxylic acids is 1. The van der Waals surface area contributed by atoms with E-state index in [9.17, 15) is 4.79 Å². The quantitative estimate of drug-likeness (QED) is 0.621. The maximum Gasteiger partial charge on any atom is 0.338 e. The van der Waals surface area contributed by atoms with Crippen molar-refractivity contribution in [1.82, 2.24) is 0 Å². The van der Waals surface area contributed by atoms with Gasteiger partial charge in [0.05, 0.1) is 30.9 Å². The highest BCUT2D eigenvalue weighted by Crippen LogP contribution is 2.24. The number of nitriles is 1. The molecule has 0 saturated heterocycles. The Labute approximate surface area is 151 Å². The minimum absolute atomic E-state index is 0.320. The van der Waals surface area contributed by atoms with Crippen molar-refractivity contribution in [1.29, 1.82) is 5.26 Å². The Bertz CT molecular complexity index is 981. The Kier molecular flexibility index (Phi) is 5.23. The number of fused-ring (bicyclic) bond motifs is 1. The molecule has 2 aromatic carbocycles. The standard InChI is InChI=1S/C21H19NO4/c1-3-25-21(23)19-12-17(24-2)7-5-15(19)6-8-18-11-16-10-14(13-22)4-9-20(16)26-18/h4-5,7,9-12H,3,6,8H2,1-2H3. The van der Waals surface area contributed by atoms with Crippen LogP contribution >= 0.6 is 0 Å². The van der Waals surface area contributed by atoms with Crippen LogP contribution in [0, 0.1) is 11.3 Å². The molecule has 26 heavy (non-hydrogen) atoms. The molecule has 132 valence electrons. The zero-order valence-electron chi connectivity index (χ0n) is 14.7. The lowest BCUT2D eigenvalue weighted by Gasteiger charge is -2.10. The molecule has 5 nitrogen and oxygen atoms in total. The summed E-state index contributed by atoms with van der Waals surface area (Å²) in [5.41, 5.74) is 2.74. The topological polar surface area (TPSA) is 72.5 Å². The van der Waals surface area contributed by atoms with Crippen molar-refractivity contribution in [3.05, 3.63) is 64.9 Å². The molecule has 0 atom stereocenters. The summed E-state index contributed by atoms with van der Waals surface area (Å²) in [5, 5.41) is 9.89. The fraction of sp³-hybridized carbons (Fsp3) is 0.238. The lowest BCUT2D eigenvalue weighted by molar-refractivity contribution is 0.0524. The third kappa shape index (κ3) is 3.70. The highest BCUT2D eigenvalue weighted by atomic mass is 16.5. The minimum Gasteiger partial charge on any atom is -0.497 e. The van der Waals surface area contributed by atoms with Gasteiger partial charge in [-0.15, -0.1) is 0 Å². The van der Waals surface area contributed by atoms with E-state index in [4.69, 9.17) is 19.2 Å². The molecule has 0 radical (unpaired) electrons.